The quantitative estimate of drug-likeness (QED) is 0.162. The molecule has 0 aliphatic carbocycles. The Hall–Kier alpha value is -7.28. The third kappa shape index (κ3) is 6.16. The van der Waals surface area contributed by atoms with Gasteiger partial charge in [-0.05, 0) is 102 Å². The van der Waals surface area contributed by atoms with Gasteiger partial charge in [0.15, 0.2) is 17.5 Å². The Morgan fingerprint density at radius 3 is 1.43 bits per heavy atom. The van der Waals surface area contributed by atoms with E-state index in [4.69, 9.17) is 15.0 Å². The van der Waals surface area contributed by atoms with Crippen molar-refractivity contribution in [1.29, 1.82) is 0 Å². The average Bonchev–Trinajstić information content (AvgIpc) is 3.81. The Morgan fingerprint density at radius 1 is 0.317 bits per heavy atom. The standard InChI is InChI=1S/C54H41N5S/c1-60(2,3)43-29-27-41(28-30-43)58-48-23-12-10-21-44(48)46-31-25-39(35-51(46)58)38-26-32-50-47(34-38)45-22-11-13-24-49(45)59(50)42-20-14-19-40(33-42)54-56-52(36-15-6-4-7-16-36)55-53(57-54)37-17-8-5-9-18-37/h4-35H,1-3H3. The maximum Gasteiger partial charge on any atom is 0.164 e. The molecule has 3 aromatic heterocycles. The van der Waals surface area contributed by atoms with Crippen LogP contribution in [0, 0.1) is 0 Å². The molecule has 0 saturated carbocycles. The SMILES string of the molecule is CS(C)(C)c1ccc(-n2c3ccccc3c3ccc(-c4ccc5c(c4)c4ccccc4n5-c4cccc(-c5nc(-c6ccccc6)nc(-c6ccccc6)n5)c4)cc32)cc1. The van der Waals surface area contributed by atoms with Gasteiger partial charge in [-0.2, -0.15) is 0 Å². The lowest BCUT2D eigenvalue weighted by atomic mass is 10.0. The Labute approximate surface area is 350 Å². The number of rotatable bonds is 7. The van der Waals surface area contributed by atoms with Gasteiger partial charge in [0.2, 0.25) is 0 Å². The summed E-state index contributed by atoms with van der Waals surface area (Å²) in [6.07, 6.45) is 7.04. The summed E-state index contributed by atoms with van der Waals surface area (Å²) in [5.74, 6) is 1.92. The van der Waals surface area contributed by atoms with Crippen LogP contribution in [0.25, 0.3) is 100 Å². The van der Waals surface area contributed by atoms with Crippen LogP contribution < -0.4 is 0 Å². The highest BCUT2D eigenvalue weighted by molar-refractivity contribution is 8.32. The minimum absolute atomic E-state index is 0.631. The van der Waals surface area contributed by atoms with Gasteiger partial charge in [-0.1, -0.05) is 127 Å². The zero-order valence-electron chi connectivity index (χ0n) is 33.6. The van der Waals surface area contributed by atoms with Crippen molar-refractivity contribution < 1.29 is 0 Å². The fraction of sp³-hybridized carbons (Fsp3) is 0.0556. The van der Waals surface area contributed by atoms with Crippen molar-refractivity contribution in [3.63, 3.8) is 0 Å². The highest BCUT2D eigenvalue weighted by Crippen LogP contribution is 2.46. The van der Waals surface area contributed by atoms with Crippen LogP contribution in [0.15, 0.2) is 199 Å². The second kappa shape index (κ2) is 14.2. The van der Waals surface area contributed by atoms with Crippen LogP contribution in [-0.4, -0.2) is 42.9 Å². The summed E-state index contributed by atoms with van der Waals surface area (Å²) in [7, 11) is -0.822. The molecule has 11 rings (SSSR count). The maximum absolute atomic E-state index is 5.03. The molecule has 8 aromatic carbocycles. The molecule has 0 bridgehead atoms. The first-order valence-electron chi connectivity index (χ1n) is 20.2. The molecule has 0 spiro atoms. The topological polar surface area (TPSA) is 48.5 Å². The number of aromatic nitrogens is 5. The van der Waals surface area contributed by atoms with Crippen LogP contribution in [-0.2, 0) is 0 Å². The molecule has 0 unspecified atom stereocenters. The second-order valence-corrected chi connectivity index (χ2v) is 20.2. The third-order valence-electron chi connectivity index (χ3n) is 11.5. The second-order valence-electron chi connectivity index (χ2n) is 16.1. The molecule has 0 aliphatic heterocycles. The predicted octanol–water partition coefficient (Wildman–Crippen LogP) is 13.8. The summed E-state index contributed by atoms with van der Waals surface area (Å²) in [5, 5.41) is 4.92. The van der Waals surface area contributed by atoms with E-state index in [0.717, 1.165) is 33.4 Å². The highest BCUT2D eigenvalue weighted by atomic mass is 32.3. The van der Waals surface area contributed by atoms with E-state index in [1.54, 1.807) is 0 Å². The summed E-state index contributed by atoms with van der Waals surface area (Å²) in [5.41, 5.74) is 12.1. The lowest BCUT2D eigenvalue weighted by molar-refractivity contribution is 1.07. The minimum atomic E-state index is -0.822. The van der Waals surface area contributed by atoms with Gasteiger partial charge >= 0.3 is 0 Å². The highest BCUT2D eigenvalue weighted by Gasteiger charge is 2.18. The summed E-state index contributed by atoms with van der Waals surface area (Å²) in [6, 6.07) is 69.3. The molecular formula is C54H41N5S. The van der Waals surface area contributed by atoms with Gasteiger partial charge in [0.05, 0.1) is 22.1 Å². The Bertz CT molecular complexity index is 3340. The van der Waals surface area contributed by atoms with E-state index in [1.165, 1.54) is 54.3 Å². The number of hydrogen-bond acceptors (Lipinski definition) is 3. The van der Waals surface area contributed by atoms with E-state index in [-0.39, 0.29) is 0 Å². The van der Waals surface area contributed by atoms with Crippen LogP contribution in [0.3, 0.4) is 0 Å². The molecule has 6 heteroatoms. The fourth-order valence-corrected chi connectivity index (χ4v) is 9.54. The molecule has 288 valence electrons. The average molecular weight is 792 g/mol. The van der Waals surface area contributed by atoms with E-state index < -0.39 is 10.0 Å². The molecule has 3 heterocycles. The molecular weight excluding hydrogens is 751 g/mol. The smallest absolute Gasteiger partial charge is 0.164 e. The van der Waals surface area contributed by atoms with E-state index in [1.807, 2.05) is 60.7 Å². The number of hydrogen-bond donors (Lipinski definition) is 0. The van der Waals surface area contributed by atoms with E-state index in [0.29, 0.717) is 17.5 Å². The number of fused-ring (bicyclic) bond motifs is 6. The lowest BCUT2D eigenvalue weighted by Crippen LogP contribution is -2.01. The van der Waals surface area contributed by atoms with Crippen LogP contribution >= 0.6 is 10.0 Å². The largest absolute Gasteiger partial charge is 0.309 e. The van der Waals surface area contributed by atoms with Crippen molar-refractivity contribution in [2.75, 3.05) is 18.8 Å². The van der Waals surface area contributed by atoms with Gasteiger partial charge in [-0.15, -0.1) is 0 Å². The third-order valence-corrected chi connectivity index (χ3v) is 13.2. The van der Waals surface area contributed by atoms with Crippen molar-refractivity contribution >= 4 is 53.6 Å². The van der Waals surface area contributed by atoms with E-state index >= 15 is 0 Å². The number of para-hydroxylation sites is 2. The summed E-state index contributed by atoms with van der Waals surface area (Å²) >= 11 is 0. The van der Waals surface area contributed by atoms with Crippen molar-refractivity contribution in [2.24, 2.45) is 0 Å². The van der Waals surface area contributed by atoms with Crippen LogP contribution in [0.2, 0.25) is 0 Å². The molecule has 0 saturated heterocycles. The van der Waals surface area contributed by atoms with Crippen molar-refractivity contribution in [1.82, 2.24) is 24.1 Å². The molecule has 0 fully saturated rings. The summed E-state index contributed by atoms with van der Waals surface area (Å²) in [6.45, 7) is 0. The zero-order valence-corrected chi connectivity index (χ0v) is 34.4. The van der Waals surface area contributed by atoms with Crippen LogP contribution in [0.5, 0.6) is 0 Å². The lowest BCUT2D eigenvalue weighted by Gasteiger charge is -2.26. The molecule has 11 aromatic rings. The maximum atomic E-state index is 5.03. The first-order chi connectivity index (χ1) is 29.4. The minimum Gasteiger partial charge on any atom is -0.309 e. The Morgan fingerprint density at radius 2 is 0.800 bits per heavy atom. The first-order valence-corrected chi connectivity index (χ1v) is 23.1. The normalized spacial score (nSPS) is 12.2. The van der Waals surface area contributed by atoms with Crippen LogP contribution in [0.4, 0.5) is 0 Å². The van der Waals surface area contributed by atoms with Crippen molar-refractivity contribution in [3.05, 3.63) is 194 Å². The molecule has 0 amide bonds. The van der Waals surface area contributed by atoms with Gasteiger partial charge in [0.25, 0.3) is 0 Å². The molecule has 5 nitrogen and oxygen atoms in total. The summed E-state index contributed by atoms with van der Waals surface area (Å²) < 4.78 is 4.78. The van der Waals surface area contributed by atoms with Gasteiger partial charge < -0.3 is 9.13 Å². The molecule has 60 heavy (non-hydrogen) atoms. The molecule has 0 N–H and O–H groups in total. The molecule has 0 aliphatic rings. The Balaban J connectivity index is 1.04. The van der Waals surface area contributed by atoms with Crippen molar-refractivity contribution in [2.45, 2.75) is 4.90 Å². The van der Waals surface area contributed by atoms with E-state index in [9.17, 15) is 0 Å². The van der Waals surface area contributed by atoms with Gasteiger partial charge in [-0.25, -0.2) is 25.0 Å². The summed E-state index contributed by atoms with van der Waals surface area (Å²) in [4.78, 5) is 16.4. The first kappa shape index (κ1) is 35.8. The monoisotopic (exact) mass is 791 g/mol. The van der Waals surface area contributed by atoms with Gasteiger partial charge in [0.1, 0.15) is 0 Å². The number of nitrogens with zero attached hydrogens (tertiary/aromatic N) is 5. The Kier molecular flexibility index (Phi) is 8.50. The molecule has 0 radical (unpaired) electrons. The van der Waals surface area contributed by atoms with Gasteiger partial charge in [-0.3, -0.25) is 0 Å². The zero-order chi connectivity index (χ0) is 40.4. The van der Waals surface area contributed by atoms with Gasteiger partial charge in [0, 0.05) is 49.6 Å². The van der Waals surface area contributed by atoms with E-state index in [2.05, 4.69) is 161 Å². The van der Waals surface area contributed by atoms with Crippen LogP contribution in [0.1, 0.15) is 0 Å². The molecule has 0 atom stereocenters. The predicted molar refractivity (Wildman–Crippen MR) is 254 cm³/mol. The number of benzene rings is 8. The van der Waals surface area contributed by atoms with Crippen molar-refractivity contribution in [3.8, 4) is 56.7 Å². The fourth-order valence-electron chi connectivity index (χ4n) is 8.58.